The van der Waals surface area contributed by atoms with E-state index in [2.05, 4.69) is 10.7 Å². The first-order valence-corrected chi connectivity index (χ1v) is 2.01. The van der Waals surface area contributed by atoms with E-state index in [1.54, 1.807) is 0 Å². The van der Waals surface area contributed by atoms with Gasteiger partial charge in [0.1, 0.15) is 5.82 Å². The monoisotopic (exact) mass is 132 g/mol. The highest BCUT2D eigenvalue weighted by Gasteiger charge is 2.06. The minimum absolute atomic E-state index is 0.301. The minimum atomic E-state index is -0.935. The summed E-state index contributed by atoms with van der Waals surface area (Å²) in [5.74, 6) is 3.20. The number of hydrogen-bond acceptors (Lipinski definition) is 6. The Labute approximate surface area is 51.4 Å². The molecule has 0 bridgehead atoms. The van der Waals surface area contributed by atoms with Gasteiger partial charge in [-0.15, -0.1) is 0 Å². The summed E-state index contributed by atoms with van der Waals surface area (Å²) in [4.78, 5) is 14.0. The highest BCUT2D eigenvalue weighted by atomic mass is 16.7. The molecule has 0 aromatic rings. The lowest BCUT2D eigenvalue weighted by molar-refractivity contribution is -0.139. The van der Waals surface area contributed by atoms with Crippen LogP contribution in [0.2, 0.25) is 0 Å². The molecule has 0 aliphatic heterocycles. The van der Waals surface area contributed by atoms with Crippen LogP contribution in [-0.2, 0) is 9.63 Å². The van der Waals surface area contributed by atoms with Crippen LogP contribution < -0.4 is 23.1 Å². The predicted octanol–water partition coefficient (Wildman–Crippen LogP) is -2.55. The van der Waals surface area contributed by atoms with E-state index in [0.29, 0.717) is 0 Å². The highest BCUT2D eigenvalue weighted by Crippen LogP contribution is 1.84. The fourth-order valence-electron chi connectivity index (χ4n) is 0.181. The van der Waals surface area contributed by atoms with Crippen molar-refractivity contribution >= 4 is 5.97 Å². The van der Waals surface area contributed by atoms with Gasteiger partial charge in [0.15, 0.2) is 5.70 Å². The van der Waals surface area contributed by atoms with Gasteiger partial charge < -0.3 is 22.0 Å². The molecule has 0 aromatic heterocycles. The van der Waals surface area contributed by atoms with Gasteiger partial charge in [0.05, 0.1) is 0 Å². The van der Waals surface area contributed by atoms with Crippen LogP contribution in [0.25, 0.3) is 0 Å². The molecule has 9 heavy (non-hydrogen) atoms. The third kappa shape index (κ3) is 1.87. The molecular formula is C3H8N4O2. The second kappa shape index (κ2) is 2.78. The maximum atomic E-state index is 10.3. The van der Waals surface area contributed by atoms with E-state index >= 15 is 0 Å². The Morgan fingerprint density at radius 1 is 1.22 bits per heavy atom. The van der Waals surface area contributed by atoms with Gasteiger partial charge >= 0.3 is 5.97 Å². The molecule has 0 spiro atoms. The summed E-state index contributed by atoms with van der Waals surface area (Å²) in [5, 5.41) is 0. The summed E-state index contributed by atoms with van der Waals surface area (Å²) in [5.41, 5.74) is 14.3. The van der Waals surface area contributed by atoms with Crippen LogP contribution >= 0.6 is 0 Å². The Kier molecular flexibility index (Phi) is 2.33. The van der Waals surface area contributed by atoms with E-state index in [1.807, 2.05) is 0 Å². The van der Waals surface area contributed by atoms with E-state index < -0.39 is 5.97 Å². The van der Waals surface area contributed by atoms with Crippen LogP contribution in [0, 0.1) is 0 Å². The fraction of sp³-hybridized carbons (Fsp3) is 0. The van der Waals surface area contributed by atoms with Crippen molar-refractivity contribution in [2.75, 3.05) is 0 Å². The average Bonchev–Trinajstić information content (AvgIpc) is 1.84. The molecule has 0 unspecified atom stereocenters. The molecular weight excluding hydrogens is 124 g/mol. The first-order valence-electron chi connectivity index (χ1n) is 2.01. The number of carbonyl (C=O) groups is 1. The summed E-state index contributed by atoms with van der Waals surface area (Å²) in [6.45, 7) is 0. The molecule has 0 saturated carbocycles. The third-order valence-electron chi connectivity index (χ3n) is 0.638. The van der Waals surface area contributed by atoms with Crippen molar-refractivity contribution in [1.82, 2.24) is 0 Å². The Bertz CT molecular complexity index is 148. The van der Waals surface area contributed by atoms with Crippen molar-refractivity contribution in [2.45, 2.75) is 0 Å². The van der Waals surface area contributed by atoms with Crippen LogP contribution in [-0.4, -0.2) is 5.97 Å². The molecule has 52 valence electrons. The van der Waals surface area contributed by atoms with Gasteiger partial charge in [-0.2, -0.15) is 5.90 Å². The van der Waals surface area contributed by atoms with Crippen molar-refractivity contribution in [3.05, 3.63) is 11.5 Å². The molecule has 0 aromatic carbocycles. The topological polar surface area (TPSA) is 130 Å². The summed E-state index contributed by atoms with van der Waals surface area (Å²) in [7, 11) is 0. The Balaban J connectivity index is 4.21. The zero-order valence-corrected chi connectivity index (χ0v) is 4.63. The van der Waals surface area contributed by atoms with Crippen LogP contribution in [0.3, 0.4) is 0 Å². The van der Waals surface area contributed by atoms with Crippen LogP contribution in [0.4, 0.5) is 0 Å². The first kappa shape index (κ1) is 7.57. The van der Waals surface area contributed by atoms with Crippen molar-refractivity contribution in [2.24, 2.45) is 23.1 Å². The van der Waals surface area contributed by atoms with E-state index in [-0.39, 0.29) is 11.5 Å². The van der Waals surface area contributed by atoms with Crippen LogP contribution in [0.1, 0.15) is 0 Å². The van der Waals surface area contributed by atoms with Gasteiger partial charge in [-0.05, 0) is 0 Å². The van der Waals surface area contributed by atoms with Gasteiger partial charge in [-0.25, -0.2) is 4.79 Å². The standard InChI is InChI=1S/C3H8N4O2/c4-1(2(5)6)3(8)9-7/h4-7H2. The number of hydrogen-bond donors (Lipinski definition) is 4. The maximum absolute atomic E-state index is 10.3. The van der Waals surface area contributed by atoms with Gasteiger partial charge in [-0.3, -0.25) is 0 Å². The van der Waals surface area contributed by atoms with E-state index in [1.165, 1.54) is 0 Å². The second-order valence-corrected chi connectivity index (χ2v) is 1.27. The lowest BCUT2D eigenvalue weighted by atomic mass is 10.5. The first-order chi connectivity index (χ1) is 4.09. The van der Waals surface area contributed by atoms with Crippen molar-refractivity contribution in [1.29, 1.82) is 0 Å². The minimum Gasteiger partial charge on any atom is -0.390 e. The van der Waals surface area contributed by atoms with E-state index in [9.17, 15) is 4.79 Å². The second-order valence-electron chi connectivity index (χ2n) is 1.27. The third-order valence-corrected chi connectivity index (χ3v) is 0.638. The van der Waals surface area contributed by atoms with Crippen molar-refractivity contribution in [3.63, 3.8) is 0 Å². The Morgan fingerprint density at radius 2 is 1.67 bits per heavy atom. The molecule has 0 saturated heterocycles. The maximum Gasteiger partial charge on any atom is 0.376 e. The Morgan fingerprint density at radius 3 is 1.78 bits per heavy atom. The van der Waals surface area contributed by atoms with Crippen molar-refractivity contribution in [3.8, 4) is 0 Å². The summed E-state index contributed by atoms with van der Waals surface area (Å²) < 4.78 is 0. The lowest BCUT2D eigenvalue weighted by Gasteiger charge is -1.97. The zero-order valence-electron chi connectivity index (χ0n) is 4.63. The number of rotatable bonds is 1. The molecule has 8 N–H and O–H groups in total. The zero-order chi connectivity index (χ0) is 7.44. The van der Waals surface area contributed by atoms with Gasteiger partial charge in [0.25, 0.3) is 0 Å². The molecule has 6 heteroatoms. The summed E-state index contributed by atoms with van der Waals surface area (Å²) >= 11 is 0. The summed E-state index contributed by atoms with van der Waals surface area (Å²) in [6.07, 6.45) is 0. The van der Waals surface area contributed by atoms with Crippen molar-refractivity contribution < 1.29 is 9.63 Å². The SMILES string of the molecule is NOC(=O)C(N)=C(N)N. The van der Waals surface area contributed by atoms with E-state index in [4.69, 9.17) is 17.2 Å². The van der Waals surface area contributed by atoms with Gasteiger partial charge in [-0.1, -0.05) is 0 Å². The Hall–Kier alpha value is -1.43. The molecule has 0 rings (SSSR count). The average molecular weight is 132 g/mol. The van der Waals surface area contributed by atoms with Crippen LogP contribution in [0.15, 0.2) is 11.5 Å². The molecule has 0 fully saturated rings. The molecule has 0 amide bonds. The van der Waals surface area contributed by atoms with Gasteiger partial charge in [0, 0.05) is 0 Å². The fourth-order valence-corrected chi connectivity index (χ4v) is 0.181. The predicted molar refractivity (Wildman–Crippen MR) is 29.9 cm³/mol. The molecule has 6 nitrogen and oxygen atoms in total. The number of nitrogens with two attached hydrogens (primary N) is 4. The molecule has 0 radical (unpaired) electrons. The highest BCUT2D eigenvalue weighted by molar-refractivity contribution is 5.87. The number of carbonyl (C=O) groups excluding carboxylic acids is 1. The largest absolute Gasteiger partial charge is 0.390 e. The van der Waals surface area contributed by atoms with Gasteiger partial charge in [0.2, 0.25) is 0 Å². The smallest absolute Gasteiger partial charge is 0.376 e. The molecule has 0 atom stereocenters. The lowest BCUT2D eigenvalue weighted by Crippen LogP contribution is -2.26. The summed E-state index contributed by atoms with van der Waals surface area (Å²) in [6, 6.07) is 0. The molecule has 0 heterocycles. The van der Waals surface area contributed by atoms with E-state index in [0.717, 1.165) is 0 Å². The molecule has 0 aliphatic carbocycles. The normalized spacial score (nSPS) is 8.11. The molecule has 0 aliphatic rings. The van der Waals surface area contributed by atoms with Crippen LogP contribution in [0.5, 0.6) is 0 Å². The quantitative estimate of drug-likeness (QED) is 0.229.